The van der Waals surface area contributed by atoms with Crippen molar-refractivity contribution in [2.75, 3.05) is 7.11 Å². The van der Waals surface area contributed by atoms with E-state index in [9.17, 15) is 5.11 Å². The molecule has 4 fully saturated rings. The summed E-state index contributed by atoms with van der Waals surface area (Å²) >= 11 is 0. The van der Waals surface area contributed by atoms with E-state index in [4.69, 9.17) is 9.47 Å². The van der Waals surface area contributed by atoms with Gasteiger partial charge in [0.2, 0.25) is 6.33 Å². The molecule has 1 aromatic heterocycles. The van der Waals surface area contributed by atoms with Gasteiger partial charge in [0.15, 0.2) is 0 Å². The summed E-state index contributed by atoms with van der Waals surface area (Å²) in [5, 5.41) is 10.4. The standard InChI is InChI=1S/C37H53N2O3/c1-24(39-19-18-38(23-39)22-26-7-10-29(41-5)11-8-26)6-13-33-25(2)35-34(42-33)21-32-30-12-9-27-20-28(40)14-16-36(27,3)31(30)15-17-37(32,35)4/h7-11,18-19,23-25,28,30-35,40H,6,12-17,20-22H2,1-5H3/q+1/t24-,25?,28?,30-,31+,32+,33-,34?,35?,36+,37+/m1/s1. The Morgan fingerprint density at radius 3 is 2.74 bits per heavy atom. The van der Waals surface area contributed by atoms with E-state index in [1.165, 1.54) is 37.7 Å². The number of aromatic nitrogens is 2. The molecule has 42 heavy (non-hydrogen) atoms. The molecule has 5 heteroatoms. The van der Waals surface area contributed by atoms with E-state index < -0.39 is 0 Å². The Bertz CT molecular complexity index is 1300. The number of methoxy groups -OCH3 is 1. The summed E-state index contributed by atoms with van der Waals surface area (Å²) in [6.45, 7) is 10.9. The highest BCUT2D eigenvalue weighted by atomic mass is 16.5. The normalized spacial score (nSPS) is 41.3. The Labute approximate surface area is 253 Å². The molecule has 1 aromatic carbocycles. The zero-order valence-electron chi connectivity index (χ0n) is 26.5. The fourth-order valence-corrected chi connectivity index (χ4v) is 10.9. The molecule has 1 N–H and O–H groups in total. The second-order valence-electron chi connectivity index (χ2n) is 15.3. The van der Waals surface area contributed by atoms with Gasteiger partial charge in [0.1, 0.15) is 24.7 Å². The highest BCUT2D eigenvalue weighted by Crippen LogP contribution is 2.69. The zero-order chi connectivity index (χ0) is 29.2. The predicted molar refractivity (Wildman–Crippen MR) is 165 cm³/mol. The van der Waals surface area contributed by atoms with Crippen LogP contribution in [-0.4, -0.2) is 35.1 Å². The molecule has 7 rings (SSSR count). The molecule has 0 radical (unpaired) electrons. The van der Waals surface area contributed by atoms with Crippen molar-refractivity contribution >= 4 is 0 Å². The highest BCUT2D eigenvalue weighted by molar-refractivity contribution is 5.27. The minimum absolute atomic E-state index is 0.118. The first kappa shape index (κ1) is 28.6. The van der Waals surface area contributed by atoms with Crippen molar-refractivity contribution in [1.82, 2.24) is 4.57 Å². The molecule has 5 aliphatic rings. The lowest BCUT2D eigenvalue weighted by Crippen LogP contribution is -2.51. The molecule has 2 aromatic rings. The zero-order valence-corrected chi connectivity index (χ0v) is 26.5. The fraction of sp³-hybridized carbons (Fsp3) is 0.703. The van der Waals surface area contributed by atoms with Crippen LogP contribution < -0.4 is 9.30 Å². The topological polar surface area (TPSA) is 47.5 Å². The number of ether oxygens (including phenoxy) is 2. The van der Waals surface area contributed by atoms with Crippen molar-refractivity contribution in [3.8, 4) is 5.75 Å². The maximum absolute atomic E-state index is 10.4. The molecule has 2 heterocycles. The summed E-state index contributed by atoms with van der Waals surface area (Å²) in [5.41, 5.74) is 3.59. The maximum Gasteiger partial charge on any atom is 0.244 e. The molecular formula is C37H53N2O3+. The van der Waals surface area contributed by atoms with Gasteiger partial charge in [0.25, 0.3) is 0 Å². The predicted octanol–water partition coefficient (Wildman–Crippen LogP) is 7.13. The van der Waals surface area contributed by atoms with Gasteiger partial charge in [-0.3, -0.25) is 0 Å². The summed E-state index contributed by atoms with van der Waals surface area (Å²) in [7, 11) is 1.71. The number of allylic oxidation sites excluding steroid dienone is 1. The van der Waals surface area contributed by atoms with Gasteiger partial charge in [0, 0.05) is 0 Å². The van der Waals surface area contributed by atoms with Crippen LogP contribution in [0.1, 0.15) is 97.1 Å². The Kier molecular flexibility index (Phi) is 7.37. The van der Waals surface area contributed by atoms with Gasteiger partial charge in [-0.05, 0) is 123 Å². The summed E-state index contributed by atoms with van der Waals surface area (Å²) < 4.78 is 16.9. The number of fused-ring (bicyclic) bond motifs is 7. The number of hydrogen-bond donors (Lipinski definition) is 1. The minimum atomic E-state index is -0.118. The Morgan fingerprint density at radius 2 is 1.95 bits per heavy atom. The van der Waals surface area contributed by atoms with Crippen molar-refractivity contribution in [2.24, 2.45) is 40.4 Å². The first-order valence-electron chi connectivity index (χ1n) is 16.9. The molecule has 0 amide bonds. The average molecular weight is 574 g/mol. The molecule has 0 spiro atoms. The van der Waals surface area contributed by atoms with Gasteiger partial charge >= 0.3 is 0 Å². The lowest BCUT2D eigenvalue weighted by molar-refractivity contribution is -0.688. The largest absolute Gasteiger partial charge is 0.497 e. The number of nitrogens with zero attached hydrogens (tertiary/aromatic N) is 2. The Hall–Kier alpha value is -2.11. The van der Waals surface area contributed by atoms with Crippen molar-refractivity contribution in [3.05, 3.63) is 60.2 Å². The van der Waals surface area contributed by atoms with Crippen LogP contribution in [0.3, 0.4) is 0 Å². The number of aliphatic hydroxyl groups is 1. The Morgan fingerprint density at radius 1 is 1.14 bits per heavy atom. The molecule has 4 unspecified atom stereocenters. The van der Waals surface area contributed by atoms with E-state index in [0.29, 0.717) is 40.9 Å². The third-order valence-corrected chi connectivity index (χ3v) is 13.3. The number of hydrogen-bond acceptors (Lipinski definition) is 3. The van der Waals surface area contributed by atoms with Gasteiger partial charge in [-0.1, -0.05) is 44.6 Å². The van der Waals surface area contributed by atoms with E-state index in [0.717, 1.165) is 55.7 Å². The summed E-state index contributed by atoms with van der Waals surface area (Å²) in [6.07, 6.45) is 20.5. The van der Waals surface area contributed by atoms with Crippen LogP contribution in [0.5, 0.6) is 5.75 Å². The quantitative estimate of drug-likeness (QED) is 0.283. The first-order valence-corrected chi connectivity index (χ1v) is 16.9. The van der Waals surface area contributed by atoms with Crippen LogP contribution in [-0.2, 0) is 11.3 Å². The van der Waals surface area contributed by atoms with Crippen LogP contribution in [0.15, 0.2) is 54.6 Å². The van der Waals surface area contributed by atoms with Crippen LogP contribution in [0, 0.1) is 40.4 Å². The maximum atomic E-state index is 10.4. The minimum Gasteiger partial charge on any atom is -0.497 e. The molecule has 1 saturated heterocycles. The first-order chi connectivity index (χ1) is 20.2. The van der Waals surface area contributed by atoms with E-state index in [-0.39, 0.29) is 6.10 Å². The van der Waals surface area contributed by atoms with Crippen LogP contribution in [0.4, 0.5) is 0 Å². The molecule has 11 atom stereocenters. The van der Waals surface area contributed by atoms with Gasteiger partial charge in [-0.15, -0.1) is 0 Å². The second-order valence-corrected chi connectivity index (χ2v) is 15.3. The number of imidazole rings is 1. The SMILES string of the molecule is COc1ccc(C[n+]2ccn([C@H](C)CC[C@H]3OC4C[C@H]5[C@@H]6CC=C7CC(O)CC[C@]7(C)[C@H]6CC[C@]5(C)C4C3C)c2)cc1. The number of benzene rings is 1. The van der Waals surface area contributed by atoms with Crippen LogP contribution >= 0.6 is 0 Å². The van der Waals surface area contributed by atoms with Gasteiger partial charge in [-0.2, -0.15) is 0 Å². The second kappa shape index (κ2) is 10.8. The van der Waals surface area contributed by atoms with Gasteiger partial charge in [-0.25, -0.2) is 9.13 Å². The van der Waals surface area contributed by atoms with E-state index in [1.54, 1.807) is 12.7 Å². The fourth-order valence-electron chi connectivity index (χ4n) is 10.9. The lowest BCUT2D eigenvalue weighted by Gasteiger charge is -2.58. The highest BCUT2D eigenvalue weighted by Gasteiger charge is 2.64. The van der Waals surface area contributed by atoms with E-state index in [2.05, 4.69) is 73.8 Å². The Balaban J connectivity index is 0.973. The molecule has 228 valence electrons. The molecule has 0 bridgehead atoms. The summed E-state index contributed by atoms with van der Waals surface area (Å²) in [5.74, 6) is 4.62. The third kappa shape index (κ3) is 4.69. The third-order valence-electron chi connectivity index (χ3n) is 13.3. The van der Waals surface area contributed by atoms with Gasteiger partial charge in [0.05, 0.1) is 31.5 Å². The lowest BCUT2D eigenvalue weighted by atomic mass is 9.47. The van der Waals surface area contributed by atoms with Crippen molar-refractivity contribution in [2.45, 2.75) is 116 Å². The molecule has 4 aliphatic carbocycles. The van der Waals surface area contributed by atoms with Crippen molar-refractivity contribution in [1.29, 1.82) is 0 Å². The van der Waals surface area contributed by atoms with Crippen LogP contribution in [0.25, 0.3) is 0 Å². The molecule has 5 nitrogen and oxygen atoms in total. The van der Waals surface area contributed by atoms with Crippen molar-refractivity contribution < 1.29 is 19.1 Å². The smallest absolute Gasteiger partial charge is 0.244 e. The van der Waals surface area contributed by atoms with Crippen molar-refractivity contribution in [3.63, 3.8) is 0 Å². The van der Waals surface area contributed by atoms with Gasteiger partial charge < -0.3 is 14.6 Å². The molecular weight excluding hydrogens is 520 g/mol. The number of rotatable bonds is 7. The molecule has 1 aliphatic heterocycles. The van der Waals surface area contributed by atoms with E-state index >= 15 is 0 Å². The number of aliphatic hydroxyl groups excluding tert-OH is 1. The molecule has 3 saturated carbocycles. The van der Waals surface area contributed by atoms with E-state index in [1.807, 2.05) is 12.1 Å². The monoisotopic (exact) mass is 573 g/mol. The summed E-state index contributed by atoms with van der Waals surface area (Å²) in [4.78, 5) is 0. The summed E-state index contributed by atoms with van der Waals surface area (Å²) in [6, 6.07) is 8.81. The average Bonchev–Trinajstić information content (AvgIpc) is 3.66. The van der Waals surface area contributed by atoms with Crippen LogP contribution in [0.2, 0.25) is 0 Å².